The van der Waals surface area contributed by atoms with Crippen molar-refractivity contribution in [2.45, 2.75) is 46.5 Å². The summed E-state index contributed by atoms with van der Waals surface area (Å²) >= 11 is 1.74. The zero-order valence-electron chi connectivity index (χ0n) is 10.1. The second kappa shape index (κ2) is 5.99. The van der Waals surface area contributed by atoms with Crippen LogP contribution in [0.25, 0.3) is 0 Å². The van der Waals surface area contributed by atoms with Crippen LogP contribution in [-0.2, 0) is 17.6 Å². The van der Waals surface area contributed by atoms with Crippen molar-refractivity contribution >= 4 is 17.3 Å². The van der Waals surface area contributed by atoms with Crippen LogP contribution in [0.1, 0.15) is 42.3 Å². The highest BCUT2D eigenvalue weighted by Gasteiger charge is 2.09. The summed E-state index contributed by atoms with van der Waals surface area (Å²) in [5.41, 5.74) is 1.08. The second-order valence-corrected chi connectivity index (χ2v) is 5.63. The third-order valence-electron chi connectivity index (χ3n) is 2.31. The third-order valence-corrected chi connectivity index (χ3v) is 3.55. The number of aliphatic carboxylic acids is 1. The van der Waals surface area contributed by atoms with Gasteiger partial charge in [-0.2, -0.15) is 0 Å². The monoisotopic (exact) mass is 241 g/mol. The molecule has 3 nitrogen and oxygen atoms in total. The first-order valence-electron chi connectivity index (χ1n) is 5.66. The van der Waals surface area contributed by atoms with Crippen LogP contribution in [0.4, 0.5) is 0 Å². The highest BCUT2D eigenvalue weighted by molar-refractivity contribution is 7.11. The van der Waals surface area contributed by atoms with Crippen molar-refractivity contribution in [3.63, 3.8) is 0 Å². The molecule has 0 aromatic carbocycles. The van der Waals surface area contributed by atoms with E-state index in [0.717, 1.165) is 18.5 Å². The van der Waals surface area contributed by atoms with Gasteiger partial charge in [-0.15, -0.1) is 11.3 Å². The van der Waals surface area contributed by atoms with Crippen molar-refractivity contribution in [2.24, 2.45) is 5.92 Å². The Morgan fingerprint density at radius 1 is 1.50 bits per heavy atom. The van der Waals surface area contributed by atoms with Crippen molar-refractivity contribution in [3.05, 3.63) is 15.6 Å². The van der Waals surface area contributed by atoms with Crippen molar-refractivity contribution in [2.75, 3.05) is 0 Å². The highest BCUT2D eigenvalue weighted by Crippen LogP contribution is 2.22. The first-order valence-corrected chi connectivity index (χ1v) is 6.47. The maximum absolute atomic E-state index is 10.4. The first kappa shape index (κ1) is 13.2. The van der Waals surface area contributed by atoms with Gasteiger partial charge in [0.15, 0.2) is 0 Å². The van der Waals surface area contributed by atoms with Crippen molar-refractivity contribution in [1.82, 2.24) is 4.98 Å². The fourth-order valence-electron chi connectivity index (χ4n) is 1.56. The molecule has 0 bridgehead atoms. The van der Waals surface area contributed by atoms with E-state index >= 15 is 0 Å². The first-order chi connectivity index (χ1) is 7.49. The maximum atomic E-state index is 10.4. The minimum atomic E-state index is -0.718. The molecule has 0 aliphatic rings. The topological polar surface area (TPSA) is 50.2 Å². The van der Waals surface area contributed by atoms with Crippen LogP contribution in [-0.4, -0.2) is 16.1 Å². The molecular weight excluding hydrogens is 222 g/mol. The summed E-state index contributed by atoms with van der Waals surface area (Å²) in [5, 5.41) is 9.75. The molecule has 0 aliphatic carbocycles. The molecule has 0 aliphatic heterocycles. The number of thiazole rings is 1. The zero-order chi connectivity index (χ0) is 12.1. The van der Waals surface area contributed by atoms with Crippen LogP contribution in [0.2, 0.25) is 0 Å². The van der Waals surface area contributed by atoms with Gasteiger partial charge in [0.25, 0.3) is 0 Å². The van der Waals surface area contributed by atoms with Crippen LogP contribution in [0, 0.1) is 12.8 Å². The Morgan fingerprint density at radius 3 is 2.75 bits per heavy atom. The molecule has 16 heavy (non-hydrogen) atoms. The number of hydrogen-bond acceptors (Lipinski definition) is 3. The van der Waals surface area contributed by atoms with Crippen LogP contribution in [0.15, 0.2) is 0 Å². The number of aromatic nitrogens is 1. The largest absolute Gasteiger partial charge is 0.481 e. The van der Waals surface area contributed by atoms with Gasteiger partial charge >= 0.3 is 5.97 Å². The van der Waals surface area contributed by atoms with Gasteiger partial charge in [-0.1, -0.05) is 13.8 Å². The molecule has 0 saturated carbocycles. The average molecular weight is 241 g/mol. The molecule has 1 aromatic heterocycles. The molecule has 4 heteroatoms. The van der Waals surface area contributed by atoms with E-state index in [2.05, 4.69) is 18.8 Å². The Kier molecular flexibility index (Phi) is 4.93. The van der Waals surface area contributed by atoms with E-state index in [0.29, 0.717) is 12.3 Å². The predicted octanol–water partition coefficient (Wildman–Crippen LogP) is 3.06. The minimum absolute atomic E-state index is 0.247. The fourth-order valence-corrected chi connectivity index (χ4v) is 2.88. The quantitative estimate of drug-likeness (QED) is 0.832. The molecule has 0 amide bonds. The van der Waals surface area contributed by atoms with E-state index in [9.17, 15) is 4.79 Å². The number of carbonyl (C=O) groups is 1. The van der Waals surface area contributed by atoms with Gasteiger partial charge in [0.05, 0.1) is 10.7 Å². The van der Waals surface area contributed by atoms with Gasteiger partial charge in [-0.05, 0) is 25.7 Å². The number of aryl methyl sites for hydroxylation is 2. The molecule has 0 saturated heterocycles. The Balaban J connectivity index is 2.53. The number of rotatable bonds is 6. The van der Waals surface area contributed by atoms with Crippen LogP contribution < -0.4 is 0 Å². The van der Waals surface area contributed by atoms with Gasteiger partial charge < -0.3 is 5.11 Å². The minimum Gasteiger partial charge on any atom is -0.481 e. The summed E-state index contributed by atoms with van der Waals surface area (Å²) in [4.78, 5) is 16.2. The number of hydrogen-bond donors (Lipinski definition) is 1. The van der Waals surface area contributed by atoms with Gasteiger partial charge in [0.1, 0.15) is 0 Å². The van der Waals surface area contributed by atoms with Crippen LogP contribution in [0.5, 0.6) is 0 Å². The third kappa shape index (κ3) is 4.31. The molecule has 90 valence electrons. The Morgan fingerprint density at radius 2 is 2.19 bits per heavy atom. The van der Waals surface area contributed by atoms with Gasteiger partial charge in [-0.25, -0.2) is 4.98 Å². The summed E-state index contributed by atoms with van der Waals surface area (Å²) in [7, 11) is 0. The Hall–Kier alpha value is -0.900. The number of carboxylic acids is 1. The maximum Gasteiger partial charge on any atom is 0.303 e. The van der Waals surface area contributed by atoms with Crippen molar-refractivity contribution in [3.8, 4) is 0 Å². The van der Waals surface area contributed by atoms with Crippen molar-refractivity contribution in [1.29, 1.82) is 0 Å². The lowest BCUT2D eigenvalue weighted by Gasteiger charge is -1.98. The number of carboxylic acid groups (broad SMARTS) is 1. The molecule has 1 aromatic rings. The molecule has 0 radical (unpaired) electrons. The highest BCUT2D eigenvalue weighted by atomic mass is 32.1. The van der Waals surface area contributed by atoms with E-state index in [-0.39, 0.29) is 6.42 Å². The Bertz CT molecular complexity index is 358. The lowest BCUT2D eigenvalue weighted by molar-refractivity contribution is -0.137. The summed E-state index contributed by atoms with van der Waals surface area (Å²) in [6.07, 6.45) is 2.81. The summed E-state index contributed by atoms with van der Waals surface area (Å²) in [6.45, 7) is 6.37. The molecular formula is C12H19NO2S. The molecule has 1 heterocycles. The van der Waals surface area contributed by atoms with Gasteiger partial charge in [0.2, 0.25) is 0 Å². The van der Waals surface area contributed by atoms with E-state index in [1.807, 2.05) is 6.92 Å². The normalized spacial score (nSPS) is 11.0. The van der Waals surface area contributed by atoms with Crippen LogP contribution in [0.3, 0.4) is 0 Å². The van der Waals surface area contributed by atoms with Gasteiger partial charge in [-0.3, -0.25) is 4.79 Å². The average Bonchev–Trinajstić information content (AvgIpc) is 2.45. The van der Waals surface area contributed by atoms with Gasteiger partial charge in [0, 0.05) is 17.7 Å². The molecule has 0 unspecified atom stereocenters. The molecule has 1 rings (SSSR count). The molecule has 0 atom stereocenters. The number of nitrogens with zero attached hydrogens (tertiary/aromatic N) is 1. The molecule has 1 N–H and O–H groups in total. The molecule has 0 spiro atoms. The SMILES string of the molecule is Cc1nc(CC(C)C)sc1CCCC(=O)O. The lowest BCUT2D eigenvalue weighted by Crippen LogP contribution is -1.95. The second-order valence-electron chi connectivity index (χ2n) is 4.46. The lowest BCUT2D eigenvalue weighted by atomic mass is 10.1. The van der Waals surface area contributed by atoms with E-state index in [1.54, 1.807) is 11.3 Å². The van der Waals surface area contributed by atoms with E-state index in [1.165, 1.54) is 9.88 Å². The van der Waals surface area contributed by atoms with Crippen molar-refractivity contribution < 1.29 is 9.90 Å². The summed E-state index contributed by atoms with van der Waals surface area (Å²) in [6, 6.07) is 0. The van der Waals surface area contributed by atoms with E-state index in [4.69, 9.17) is 5.11 Å². The Labute approximate surface area is 101 Å². The predicted molar refractivity (Wildman–Crippen MR) is 66.0 cm³/mol. The standard InChI is InChI=1S/C12H19NO2S/c1-8(2)7-11-13-9(3)10(16-11)5-4-6-12(14)15/h8H,4-7H2,1-3H3,(H,14,15). The fraction of sp³-hybridized carbons (Fsp3) is 0.667. The molecule has 0 fully saturated rings. The summed E-state index contributed by atoms with van der Waals surface area (Å²) in [5.74, 6) is -0.0954. The van der Waals surface area contributed by atoms with Crippen LogP contribution >= 0.6 is 11.3 Å². The summed E-state index contributed by atoms with van der Waals surface area (Å²) < 4.78 is 0. The van der Waals surface area contributed by atoms with E-state index < -0.39 is 5.97 Å². The smallest absolute Gasteiger partial charge is 0.303 e. The zero-order valence-corrected chi connectivity index (χ0v) is 10.9.